The Labute approximate surface area is 89.9 Å². The third-order valence-corrected chi connectivity index (χ3v) is 3.49. The van der Waals surface area contributed by atoms with Gasteiger partial charge in [-0.25, -0.2) is 3.35 Å². The van der Waals surface area contributed by atoms with Crippen molar-refractivity contribution in [3.8, 4) is 5.69 Å². The Balaban J connectivity index is 2.22. The Kier molecular flexibility index (Phi) is 2.43. The number of carbonyl (C=O) groups is 1. The van der Waals surface area contributed by atoms with Gasteiger partial charge >= 0.3 is 0 Å². The zero-order valence-corrected chi connectivity index (χ0v) is 9.56. The summed E-state index contributed by atoms with van der Waals surface area (Å²) in [6.45, 7) is 0. The molecule has 0 aliphatic heterocycles. The van der Waals surface area contributed by atoms with Gasteiger partial charge in [0.05, 0.1) is 5.69 Å². The van der Waals surface area contributed by atoms with Crippen molar-refractivity contribution in [3.63, 3.8) is 0 Å². The molecule has 0 atom stereocenters. The van der Waals surface area contributed by atoms with Crippen molar-refractivity contribution in [1.29, 1.82) is 0 Å². The molecule has 1 heterocycles. The van der Waals surface area contributed by atoms with E-state index in [1.807, 2.05) is 24.3 Å². The topological polar surface area (TPSA) is 25.2 Å². The van der Waals surface area contributed by atoms with Gasteiger partial charge in [-0.1, -0.05) is 0 Å². The first-order valence-corrected chi connectivity index (χ1v) is 6.21. The van der Waals surface area contributed by atoms with Crippen molar-refractivity contribution >= 4 is 27.0 Å². The molecular weight excluding hydrogens is 216 g/mol. The molecule has 3 nitrogen and oxygen atoms in total. The second-order valence-electron chi connectivity index (χ2n) is 3.15. The summed E-state index contributed by atoms with van der Waals surface area (Å²) in [5, 5.41) is 0. The van der Waals surface area contributed by atoms with Crippen molar-refractivity contribution in [2.24, 2.45) is 0 Å². The van der Waals surface area contributed by atoms with Gasteiger partial charge in [0.15, 0.2) is 0 Å². The van der Waals surface area contributed by atoms with E-state index in [-0.39, 0.29) is 5.91 Å². The molecular formula is C9H10N2OS2. The van der Waals surface area contributed by atoms with Crippen LogP contribution in [-0.2, 0) is 0 Å². The summed E-state index contributed by atoms with van der Waals surface area (Å²) in [5.74, 6) is 0.0441. The van der Waals surface area contributed by atoms with Crippen LogP contribution in [0.1, 0.15) is 10.4 Å². The second-order valence-corrected chi connectivity index (χ2v) is 5.31. The molecule has 1 aromatic heterocycles. The molecule has 0 spiro atoms. The van der Waals surface area contributed by atoms with Gasteiger partial charge in [0.1, 0.15) is 0 Å². The molecule has 0 fully saturated rings. The number of hydrogen-bond donors (Lipinski definition) is 0. The van der Waals surface area contributed by atoms with Gasteiger partial charge in [0.25, 0.3) is 5.91 Å². The van der Waals surface area contributed by atoms with Crippen LogP contribution in [0.15, 0.2) is 24.3 Å². The summed E-state index contributed by atoms with van der Waals surface area (Å²) in [6, 6.07) is 7.64. The van der Waals surface area contributed by atoms with Crippen LogP contribution in [-0.4, -0.2) is 28.2 Å². The minimum Gasteiger partial charge on any atom is -0.345 e. The Bertz CT molecular complexity index is 413. The second kappa shape index (κ2) is 3.59. The molecule has 0 radical (unpaired) electrons. The molecule has 2 aromatic rings. The van der Waals surface area contributed by atoms with Crippen LogP contribution in [0.5, 0.6) is 0 Å². The van der Waals surface area contributed by atoms with E-state index in [2.05, 4.69) is 3.35 Å². The quantitative estimate of drug-likeness (QED) is 0.721. The summed E-state index contributed by atoms with van der Waals surface area (Å²) in [5.41, 5.74) is 1.87. The van der Waals surface area contributed by atoms with Gasteiger partial charge in [-0.15, -0.1) is 0 Å². The maximum Gasteiger partial charge on any atom is 0.253 e. The van der Waals surface area contributed by atoms with Crippen molar-refractivity contribution in [2.75, 3.05) is 14.1 Å². The van der Waals surface area contributed by atoms with E-state index in [9.17, 15) is 4.79 Å². The van der Waals surface area contributed by atoms with Crippen LogP contribution in [0, 0.1) is 0 Å². The summed E-state index contributed by atoms with van der Waals surface area (Å²) in [6.07, 6.45) is 0. The van der Waals surface area contributed by atoms with Crippen LogP contribution >= 0.6 is 21.1 Å². The van der Waals surface area contributed by atoms with Gasteiger partial charge in [0, 0.05) is 40.7 Å². The van der Waals surface area contributed by atoms with E-state index in [1.54, 1.807) is 40.1 Å². The molecule has 0 unspecified atom stereocenters. The highest BCUT2D eigenvalue weighted by molar-refractivity contribution is 7.76. The molecule has 0 saturated heterocycles. The summed E-state index contributed by atoms with van der Waals surface area (Å²) >= 11 is 0. The van der Waals surface area contributed by atoms with E-state index in [4.69, 9.17) is 0 Å². The van der Waals surface area contributed by atoms with Crippen LogP contribution in [0.25, 0.3) is 5.69 Å². The third-order valence-electron chi connectivity index (χ3n) is 1.88. The number of nitrogens with zero attached hydrogens (tertiary/aromatic N) is 2. The molecule has 1 aromatic carbocycles. The molecule has 5 heteroatoms. The number of amides is 1. The van der Waals surface area contributed by atoms with Gasteiger partial charge in [-0.2, -0.15) is 0 Å². The molecule has 2 rings (SSSR count). The number of carbonyl (C=O) groups excluding carboxylic acids is 1. The molecule has 0 N–H and O–H groups in total. The third kappa shape index (κ3) is 1.88. The number of aromatic nitrogens is 1. The lowest BCUT2D eigenvalue weighted by molar-refractivity contribution is 0.0827. The van der Waals surface area contributed by atoms with Crippen molar-refractivity contribution in [3.05, 3.63) is 29.8 Å². The highest BCUT2D eigenvalue weighted by Gasteiger charge is 2.08. The standard InChI is InChI=1S/C9H10N2OS2/c1-10(2)9(12)7-3-5-8(6-4-7)11-13-14-11/h3-6H,1-2H3. The zero-order chi connectivity index (χ0) is 10.1. The van der Waals surface area contributed by atoms with Gasteiger partial charge in [-0.3, -0.25) is 4.79 Å². The van der Waals surface area contributed by atoms with Crippen LogP contribution in [0.3, 0.4) is 0 Å². The Morgan fingerprint density at radius 3 is 2.21 bits per heavy atom. The van der Waals surface area contributed by atoms with E-state index >= 15 is 0 Å². The zero-order valence-electron chi connectivity index (χ0n) is 7.93. The summed E-state index contributed by atoms with van der Waals surface area (Å²) < 4.78 is 2.09. The van der Waals surface area contributed by atoms with Crippen molar-refractivity contribution < 1.29 is 4.79 Å². The Hall–Kier alpha value is -1.07. The average molecular weight is 226 g/mol. The fourth-order valence-corrected chi connectivity index (χ4v) is 2.15. The largest absolute Gasteiger partial charge is 0.345 e. The van der Waals surface area contributed by atoms with E-state index in [0.717, 1.165) is 11.3 Å². The van der Waals surface area contributed by atoms with E-state index in [0.29, 0.717) is 0 Å². The molecule has 0 bridgehead atoms. The Morgan fingerprint density at radius 1 is 1.21 bits per heavy atom. The molecule has 0 aliphatic carbocycles. The van der Waals surface area contributed by atoms with E-state index in [1.165, 1.54) is 0 Å². The normalized spacial score (nSPS) is 10.4. The SMILES string of the molecule is CN(C)C(=O)c1ccc(-n2ss2)cc1. The average Bonchev–Trinajstić information content (AvgIpc) is 3.00. The fourth-order valence-electron chi connectivity index (χ4n) is 1.09. The van der Waals surface area contributed by atoms with Gasteiger partial charge in [0.2, 0.25) is 0 Å². The maximum absolute atomic E-state index is 11.5. The smallest absolute Gasteiger partial charge is 0.253 e. The van der Waals surface area contributed by atoms with Gasteiger partial charge in [-0.05, 0) is 24.3 Å². The number of hydrogen-bond acceptors (Lipinski definition) is 3. The lowest BCUT2D eigenvalue weighted by Gasteiger charge is -2.09. The first-order chi connectivity index (χ1) is 6.68. The van der Waals surface area contributed by atoms with Crippen molar-refractivity contribution in [2.45, 2.75) is 0 Å². The predicted molar refractivity (Wildman–Crippen MR) is 59.5 cm³/mol. The lowest BCUT2D eigenvalue weighted by atomic mass is 10.2. The first-order valence-electron chi connectivity index (χ1n) is 4.15. The van der Waals surface area contributed by atoms with Crippen molar-refractivity contribution in [1.82, 2.24) is 8.25 Å². The highest BCUT2D eigenvalue weighted by Crippen LogP contribution is 2.25. The highest BCUT2D eigenvalue weighted by atomic mass is 33.0. The first kappa shape index (κ1) is 9.48. The minimum absolute atomic E-state index is 0.0441. The molecule has 74 valence electrons. The Morgan fingerprint density at radius 2 is 1.79 bits per heavy atom. The lowest BCUT2D eigenvalue weighted by Crippen LogP contribution is -2.21. The number of benzene rings is 1. The molecule has 0 saturated carbocycles. The monoisotopic (exact) mass is 226 g/mol. The predicted octanol–water partition coefficient (Wildman–Crippen LogP) is 2.30. The van der Waals surface area contributed by atoms with E-state index < -0.39 is 0 Å². The fraction of sp³-hybridized carbons (Fsp3) is 0.222. The molecule has 0 aliphatic rings. The molecule has 1 amide bonds. The maximum atomic E-state index is 11.5. The summed E-state index contributed by atoms with van der Waals surface area (Å²) in [4.78, 5) is 13.1. The number of rotatable bonds is 2. The molecule has 14 heavy (non-hydrogen) atoms. The summed E-state index contributed by atoms with van der Waals surface area (Å²) in [7, 11) is 6.91. The van der Waals surface area contributed by atoms with Crippen LogP contribution < -0.4 is 0 Å². The minimum atomic E-state index is 0.0441. The van der Waals surface area contributed by atoms with Gasteiger partial charge < -0.3 is 4.90 Å². The van der Waals surface area contributed by atoms with Crippen LogP contribution in [0.4, 0.5) is 0 Å². The van der Waals surface area contributed by atoms with Crippen LogP contribution in [0.2, 0.25) is 0 Å².